The van der Waals surface area contributed by atoms with E-state index in [4.69, 9.17) is 0 Å². The summed E-state index contributed by atoms with van der Waals surface area (Å²) in [6.45, 7) is 6.23. The molecule has 1 aromatic carbocycles. The van der Waals surface area contributed by atoms with Crippen LogP contribution in [-0.4, -0.2) is 6.54 Å². The number of benzene rings is 1. The highest BCUT2D eigenvalue weighted by atomic mass is 19.1. The first kappa shape index (κ1) is 11.9. The molecule has 0 aliphatic rings. The smallest absolute Gasteiger partial charge is 0.128 e. The summed E-state index contributed by atoms with van der Waals surface area (Å²) in [5, 5.41) is 3.09. The normalized spacial score (nSPS) is 12.5. The molecule has 3 heteroatoms. The van der Waals surface area contributed by atoms with Crippen molar-refractivity contribution in [3.63, 3.8) is 0 Å². The molecule has 1 nitrogen and oxygen atoms in total. The van der Waals surface area contributed by atoms with E-state index in [1.807, 2.05) is 6.92 Å². The summed E-state index contributed by atoms with van der Waals surface area (Å²) < 4.78 is 26.4. The van der Waals surface area contributed by atoms with E-state index in [9.17, 15) is 8.78 Å². The van der Waals surface area contributed by atoms with E-state index in [-0.39, 0.29) is 11.9 Å². The first-order valence-electron chi connectivity index (χ1n) is 4.98. The lowest BCUT2D eigenvalue weighted by atomic mass is 10.0. The van der Waals surface area contributed by atoms with E-state index in [1.54, 1.807) is 6.08 Å². The van der Waals surface area contributed by atoms with Crippen LogP contribution >= 0.6 is 0 Å². The highest BCUT2D eigenvalue weighted by Crippen LogP contribution is 2.21. The third-order valence-corrected chi connectivity index (χ3v) is 2.19. The molecule has 0 aliphatic heterocycles. The van der Waals surface area contributed by atoms with Gasteiger partial charge in [-0.25, -0.2) is 8.78 Å². The Kier molecular flexibility index (Phi) is 4.43. The van der Waals surface area contributed by atoms with Gasteiger partial charge in [-0.2, -0.15) is 0 Å². The van der Waals surface area contributed by atoms with E-state index in [0.29, 0.717) is 18.5 Å². The van der Waals surface area contributed by atoms with Gasteiger partial charge in [0.15, 0.2) is 0 Å². The maximum Gasteiger partial charge on any atom is 0.128 e. The van der Waals surface area contributed by atoms with Crippen molar-refractivity contribution in [2.75, 3.05) is 6.54 Å². The quantitative estimate of drug-likeness (QED) is 0.737. The van der Waals surface area contributed by atoms with Gasteiger partial charge < -0.3 is 5.32 Å². The molecule has 1 rings (SSSR count). The van der Waals surface area contributed by atoms with Crippen LogP contribution < -0.4 is 5.32 Å². The molecule has 1 atom stereocenters. The summed E-state index contributed by atoms with van der Waals surface area (Å²) in [4.78, 5) is 0. The van der Waals surface area contributed by atoms with Crippen molar-refractivity contribution in [1.82, 2.24) is 5.32 Å². The van der Waals surface area contributed by atoms with E-state index in [1.165, 1.54) is 6.07 Å². The van der Waals surface area contributed by atoms with Crippen LogP contribution in [0, 0.1) is 11.6 Å². The first-order chi connectivity index (χ1) is 7.19. The molecular formula is C12H15F2N. The second kappa shape index (κ2) is 5.61. The van der Waals surface area contributed by atoms with Gasteiger partial charge in [0.05, 0.1) is 0 Å². The number of hydrogen-bond donors (Lipinski definition) is 1. The Balaban J connectivity index is 2.97. The van der Waals surface area contributed by atoms with Crippen LogP contribution in [0.25, 0.3) is 0 Å². The summed E-state index contributed by atoms with van der Waals surface area (Å²) in [5.74, 6) is -0.803. The summed E-state index contributed by atoms with van der Waals surface area (Å²) >= 11 is 0. The average molecular weight is 211 g/mol. The largest absolute Gasteiger partial charge is 0.310 e. The van der Waals surface area contributed by atoms with Crippen LogP contribution in [0.3, 0.4) is 0 Å². The molecule has 0 fully saturated rings. The number of hydrogen-bond acceptors (Lipinski definition) is 1. The van der Waals surface area contributed by atoms with E-state index < -0.39 is 5.82 Å². The first-order valence-corrected chi connectivity index (χ1v) is 4.98. The van der Waals surface area contributed by atoms with Gasteiger partial charge >= 0.3 is 0 Å². The lowest BCUT2D eigenvalue weighted by Gasteiger charge is -2.17. The molecule has 0 heterocycles. The number of halogens is 2. The number of nitrogens with one attached hydrogen (secondary N) is 1. The van der Waals surface area contributed by atoms with Gasteiger partial charge in [0.1, 0.15) is 11.6 Å². The Morgan fingerprint density at radius 3 is 2.80 bits per heavy atom. The maximum absolute atomic E-state index is 13.4. The van der Waals surface area contributed by atoms with E-state index in [0.717, 1.165) is 12.1 Å². The van der Waals surface area contributed by atoms with Crippen LogP contribution in [0.5, 0.6) is 0 Å². The van der Waals surface area contributed by atoms with Crippen LogP contribution in [0.2, 0.25) is 0 Å². The molecule has 0 saturated carbocycles. The Labute approximate surface area is 88.8 Å². The van der Waals surface area contributed by atoms with Crippen molar-refractivity contribution in [3.05, 3.63) is 48.1 Å². The predicted molar refractivity (Wildman–Crippen MR) is 57.6 cm³/mol. The van der Waals surface area contributed by atoms with E-state index >= 15 is 0 Å². The van der Waals surface area contributed by atoms with Gasteiger partial charge in [-0.1, -0.05) is 13.0 Å². The fourth-order valence-corrected chi connectivity index (χ4v) is 1.51. The van der Waals surface area contributed by atoms with Gasteiger partial charge in [0.25, 0.3) is 0 Å². The lowest BCUT2D eigenvalue weighted by molar-refractivity contribution is 0.507. The molecule has 1 unspecified atom stereocenters. The highest BCUT2D eigenvalue weighted by molar-refractivity contribution is 5.23. The molecule has 1 N–H and O–H groups in total. The Bertz CT molecular complexity index is 336. The zero-order valence-corrected chi connectivity index (χ0v) is 8.76. The standard InChI is InChI=1S/C12H15F2N/c1-3-5-12(15-4-2)10-8-9(13)6-7-11(10)14/h3,6-8,12,15H,1,4-5H2,2H3. The molecule has 0 saturated heterocycles. The zero-order chi connectivity index (χ0) is 11.3. The fraction of sp³-hybridized carbons (Fsp3) is 0.333. The molecule has 0 aliphatic carbocycles. The van der Waals surface area contributed by atoms with Crippen molar-refractivity contribution in [2.45, 2.75) is 19.4 Å². The van der Waals surface area contributed by atoms with E-state index in [2.05, 4.69) is 11.9 Å². The molecule has 0 bridgehead atoms. The van der Waals surface area contributed by atoms with Gasteiger partial charge in [-0.3, -0.25) is 0 Å². The number of rotatable bonds is 5. The van der Waals surface area contributed by atoms with Gasteiger partial charge in [0, 0.05) is 11.6 Å². The molecular weight excluding hydrogens is 196 g/mol. The van der Waals surface area contributed by atoms with Gasteiger partial charge in [-0.05, 0) is 31.2 Å². The minimum atomic E-state index is -0.418. The molecule has 0 amide bonds. The zero-order valence-electron chi connectivity index (χ0n) is 8.76. The third-order valence-electron chi connectivity index (χ3n) is 2.19. The SMILES string of the molecule is C=CCC(NCC)c1cc(F)ccc1F. The molecule has 82 valence electrons. The van der Waals surface area contributed by atoms with Crippen molar-refractivity contribution in [2.24, 2.45) is 0 Å². The maximum atomic E-state index is 13.4. The molecule has 0 aromatic heterocycles. The molecule has 0 spiro atoms. The molecule has 0 radical (unpaired) electrons. The van der Waals surface area contributed by atoms with Crippen molar-refractivity contribution in [3.8, 4) is 0 Å². The predicted octanol–water partition coefficient (Wildman–Crippen LogP) is 3.19. The molecule has 15 heavy (non-hydrogen) atoms. The summed E-state index contributed by atoms with van der Waals surface area (Å²) in [6, 6.07) is 3.29. The Hall–Kier alpha value is -1.22. The lowest BCUT2D eigenvalue weighted by Crippen LogP contribution is -2.21. The second-order valence-corrected chi connectivity index (χ2v) is 3.30. The van der Waals surface area contributed by atoms with Crippen LogP contribution in [0.4, 0.5) is 8.78 Å². The summed E-state index contributed by atoms with van der Waals surface area (Å²) in [6.07, 6.45) is 2.27. The van der Waals surface area contributed by atoms with Crippen molar-refractivity contribution < 1.29 is 8.78 Å². The van der Waals surface area contributed by atoms with Crippen LogP contribution in [0.1, 0.15) is 24.9 Å². The van der Waals surface area contributed by atoms with Crippen LogP contribution in [0.15, 0.2) is 30.9 Å². The third kappa shape index (κ3) is 3.13. The topological polar surface area (TPSA) is 12.0 Å². The Morgan fingerprint density at radius 1 is 1.47 bits per heavy atom. The monoisotopic (exact) mass is 211 g/mol. The average Bonchev–Trinajstić information content (AvgIpc) is 2.21. The van der Waals surface area contributed by atoms with Crippen LogP contribution in [-0.2, 0) is 0 Å². The second-order valence-electron chi connectivity index (χ2n) is 3.30. The van der Waals surface area contributed by atoms with Gasteiger partial charge in [-0.15, -0.1) is 6.58 Å². The fourth-order valence-electron chi connectivity index (χ4n) is 1.51. The molecule has 1 aromatic rings. The summed E-state index contributed by atoms with van der Waals surface area (Å²) in [7, 11) is 0. The van der Waals surface area contributed by atoms with Crippen molar-refractivity contribution in [1.29, 1.82) is 0 Å². The summed E-state index contributed by atoms with van der Waals surface area (Å²) in [5.41, 5.74) is 0.358. The minimum absolute atomic E-state index is 0.205. The Morgan fingerprint density at radius 2 is 2.20 bits per heavy atom. The van der Waals surface area contributed by atoms with Crippen molar-refractivity contribution >= 4 is 0 Å². The van der Waals surface area contributed by atoms with Gasteiger partial charge in [0.2, 0.25) is 0 Å². The minimum Gasteiger partial charge on any atom is -0.310 e. The highest BCUT2D eigenvalue weighted by Gasteiger charge is 2.13.